The van der Waals surface area contributed by atoms with Crippen LogP contribution >= 0.6 is 0 Å². The third-order valence-corrected chi connectivity index (χ3v) is 18.3. The van der Waals surface area contributed by atoms with Gasteiger partial charge in [0.2, 0.25) is 0 Å². The molecule has 1 aliphatic carbocycles. The van der Waals surface area contributed by atoms with E-state index in [1.165, 1.54) is 127 Å². The van der Waals surface area contributed by atoms with Crippen LogP contribution in [-0.4, -0.2) is 12.8 Å². The third-order valence-electron chi connectivity index (χ3n) is 18.3. The summed E-state index contributed by atoms with van der Waals surface area (Å²) < 4.78 is 0. The molecular weight excluding hydrogens is 976 g/mol. The highest BCUT2D eigenvalue weighted by molar-refractivity contribution is 7.00. The van der Waals surface area contributed by atoms with Crippen LogP contribution in [-0.2, 0) is 10.8 Å². The van der Waals surface area contributed by atoms with Crippen molar-refractivity contribution in [2.75, 3.05) is 9.80 Å². The van der Waals surface area contributed by atoms with Crippen LogP contribution in [0.4, 0.5) is 28.4 Å². The van der Waals surface area contributed by atoms with Crippen molar-refractivity contribution in [3.05, 3.63) is 301 Å². The minimum Gasteiger partial charge on any atom is -0.335 e. The van der Waals surface area contributed by atoms with E-state index < -0.39 is 0 Å². The highest BCUT2D eigenvalue weighted by atomic mass is 15.2. The summed E-state index contributed by atoms with van der Waals surface area (Å²) in [6, 6.07) is 96.2. The quantitative estimate of drug-likeness (QED) is 0.105. The zero-order chi connectivity index (χ0) is 54.4. The van der Waals surface area contributed by atoms with Gasteiger partial charge in [0.05, 0.1) is 6.04 Å². The summed E-state index contributed by atoms with van der Waals surface area (Å²) in [5.74, 6) is 0. The maximum Gasteiger partial charge on any atom is 0.252 e. The average molecular weight is 1040 g/mol. The number of nitrogens with zero attached hydrogens (tertiary/aromatic N) is 2. The van der Waals surface area contributed by atoms with E-state index in [-0.39, 0.29) is 23.6 Å². The van der Waals surface area contributed by atoms with Gasteiger partial charge in [0.25, 0.3) is 6.71 Å². The topological polar surface area (TPSA) is 6.48 Å². The van der Waals surface area contributed by atoms with Crippen LogP contribution in [0.1, 0.15) is 56.4 Å². The molecule has 12 aromatic carbocycles. The number of fused-ring (bicyclic) bond motifs is 7. The van der Waals surface area contributed by atoms with Crippen LogP contribution in [0.15, 0.2) is 279 Å². The minimum atomic E-state index is -0.256. The Balaban J connectivity index is 1.00. The van der Waals surface area contributed by atoms with Crippen LogP contribution in [0, 0.1) is 0 Å². The molecule has 1 unspecified atom stereocenters. The molecule has 0 amide bonds. The second-order valence-corrected chi connectivity index (χ2v) is 23.5. The molecule has 0 aromatic heterocycles. The zero-order valence-electron chi connectivity index (χ0n) is 46.3. The molecule has 3 heteroatoms. The standard InChI is InChI=1S/C78H61BN2/c1-77(2,56-26-9-5-10-27-56)58-44-46-70-68(50-58)79-69-51-59(78(3,4)57-28-11-6-12-29-57)45-47-71(69)81(61-32-15-8-16-33-61)73-49-55(48-72(76(73)79)80(70)60-30-13-7-14-31-60)75-66-37-21-19-35-64(66)74(65-36-20-22-38-67(65)75)54-42-40-53(41-43-54)63-39-23-25-52-24-17-18-34-62(52)63/h5-32,34-51,61H,33H2,1-4H3. The predicted molar refractivity (Wildman–Crippen MR) is 347 cm³/mol. The number of benzene rings is 12. The van der Waals surface area contributed by atoms with Crippen molar-refractivity contribution in [3.8, 4) is 33.4 Å². The van der Waals surface area contributed by atoms with E-state index in [1.54, 1.807) is 0 Å². The SMILES string of the molecule is CC(C)(c1ccccc1)c1ccc2c(c1)B1c3cc(C(C)(C)c4ccccc4)ccc3N(C3C=CC=CC3)c3cc(-c4c5ccccc5c(-c5ccc(-c6cccc7ccccc67)cc5)c5ccccc45)cc(c31)N2c1ccccc1. The van der Waals surface area contributed by atoms with Gasteiger partial charge in [-0.3, -0.25) is 0 Å². The average Bonchev–Trinajstić information content (AvgIpc) is 3.69. The lowest BCUT2D eigenvalue weighted by Crippen LogP contribution is -2.63. The molecule has 1 atom stereocenters. The van der Waals surface area contributed by atoms with Gasteiger partial charge in [-0.05, 0) is 147 Å². The number of anilines is 5. The highest BCUT2D eigenvalue weighted by Gasteiger charge is 2.46. The van der Waals surface area contributed by atoms with Crippen molar-refractivity contribution in [1.29, 1.82) is 0 Å². The van der Waals surface area contributed by atoms with E-state index >= 15 is 0 Å². The van der Waals surface area contributed by atoms with E-state index in [4.69, 9.17) is 0 Å². The van der Waals surface area contributed by atoms with E-state index in [0.717, 1.165) is 12.1 Å². The molecule has 15 rings (SSSR count). The Morgan fingerprint density at radius 3 is 1.47 bits per heavy atom. The Labute approximate surface area is 476 Å². The molecule has 3 aliphatic rings. The molecule has 0 saturated carbocycles. The van der Waals surface area contributed by atoms with Crippen molar-refractivity contribution < 1.29 is 0 Å². The first-order valence-corrected chi connectivity index (χ1v) is 28.8. The molecule has 2 aliphatic heterocycles. The Bertz CT molecular complexity index is 4430. The van der Waals surface area contributed by atoms with E-state index in [0.29, 0.717) is 0 Å². The Kier molecular flexibility index (Phi) is 11.5. The maximum absolute atomic E-state index is 2.70. The number of allylic oxidation sites excluding steroid dienone is 2. The van der Waals surface area contributed by atoms with E-state index in [1.807, 2.05) is 0 Å². The monoisotopic (exact) mass is 1040 g/mol. The van der Waals surface area contributed by atoms with Gasteiger partial charge in [-0.1, -0.05) is 270 Å². The van der Waals surface area contributed by atoms with Gasteiger partial charge in [0.15, 0.2) is 0 Å². The van der Waals surface area contributed by atoms with Gasteiger partial charge >= 0.3 is 0 Å². The molecule has 386 valence electrons. The van der Waals surface area contributed by atoms with Gasteiger partial charge in [-0.2, -0.15) is 0 Å². The summed E-state index contributed by atoms with van der Waals surface area (Å²) in [4.78, 5) is 5.29. The fourth-order valence-corrected chi connectivity index (χ4v) is 14.0. The molecule has 0 N–H and O–H groups in total. The fourth-order valence-electron chi connectivity index (χ4n) is 14.0. The summed E-state index contributed by atoms with van der Waals surface area (Å²) in [6.07, 6.45) is 10.1. The summed E-state index contributed by atoms with van der Waals surface area (Å²) in [6.45, 7) is 9.47. The molecule has 0 spiro atoms. The lowest BCUT2D eigenvalue weighted by Gasteiger charge is -2.47. The first-order chi connectivity index (χ1) is 39.7. The van der Waals surface area contributed by atoms with Gasteiger partial charge in [0, 0.05) is 39.3 Å². The van der Waals surface area contributed by atoms with Crippen LogP contribution in [0.2, 0.25) is 0 Å². The van der Waals surface area contributed by atoms with Gasteiger partial charge in [-0.15, -0.1) is 0 Å². The molecule has 12 aromatic rings. The van der Waals surface area contributed by atoms with Gasteiger partial charge in [-0.25, -0.2) is 0 Å². The van der Waals surface area contributed by atoms with Crippen LogP contribution in [0.25, 0.3) is 65.7 Å². The number of rotatable bonds is 9. The van der Waals surface area contributed by atoms with Crippen LogP contribution in [0.3, 0.4) is 0 Å². The molecule has 0 fully saturated rings. The zero-order valence-corrected chi connectivity index (χ0v) is 46.3. The second-order valence-electron chi connectivity index (χ2n) is 23.5. The Hall–Kier alpha value is -9.44. The highest BCUT2D eigenvalue weighted by Crippen LogP contribution is 2.50. The first-order valence-electron chi connectivity index (χ1n) is 28.8. The molecular formula is C78H61BN2. The summed E-state index contributed by atoms with van der Waals surface area (Å²) >= 11 is 0. The van der Waals surface area contributed by atoms with E-state index in [2.05, 4.69) is 317 Å². The lowest BCUT2D eigenvalue weighted by atomic mass is 9.33. The van der Waals surface area contributed by atoms with Crippen LogP contribution < -0.4 is 26.2 Å². The molecule has 81 heavy (non-hydrogen) atoms. The molecule has 0 bridgehead atoms. The number of hydrogen-bond acceptors (Lipinski definition) is 2. The van der Waals surface area contributed by atoms with Gasteiger partial charge in [0.1, 0.15) is 0 Å². The van der Waals surface area contributed by atoms with Crippen molar-refractivity contribution >= 4 is 83.9 Å². The lowest BCUT2D eigenvalue weighted by molar-refractivity contribution is 0.641. The molecule has 2 heterocycles. The van der Waals surface area contributed by atoms with Crippen molar-refractivity contribution in [2.24, 2.45) is 0 Å². The second kappa shape index (κ2) is 19.1. The first kappa shape index (κ1) is 48.7. The Morgan fingerprint density at radius 1 is 0.383 bits per heavy atom. The number of hydrogen-bond donors (Lipinski definition) is 0. The molecule has 2 nitrogen and oxygen atoms in total. The minimum absolute atomic E-state index is 0.0702. The van der Waals surface area contributed by atoms with Crippen molar-refractivity contribution in [3.63, 3.8) is 0 Å². The van der Waals surface area contributed by atoms with Crippen molar-refractivity contribution in [1.82, 2.24) is 0 Å². The number of para-hydroxylation sites is 1. The van der Waals surface area contributed by atoms with E-state index in [9.17, 15) is 0 Å². The summed E-state index contributed by atoms with van der Waals surface area (Å²) in [5, 5.41) is 7.47. The van der Waals surface area contributed by atoms with Crippen LogP contribution in [0.5, 0.6) is 0 Å². The largest absolute Gasteiger partial charge is 0.335 e. The smallest absolute Gasteiger partial charge is 0.252 e. The predicted octanol–water partition coefficient (Wildman–Crippen LogP) is 18.4. The third kappa shape index (κ3) is 7.85. The Morgan fingerprint density at radius 2 is 0.877 bits per heavy atom. The summed E-state index contributed by atoms with van der Waals surface area (Å²) in [5.41, 5.74) is 22.2. The maximum atomic E-state index is 2.70. The normalized spacial score (nSPS) is 14.6. The van der Waals surface area contributed by atoms with Crippen molar-refractivity contribution in [2.45, 2.75) is 51.0 Å². The fraction of sp³-hybridized carbons (Fsp3) is 0.103. The summed E-state index contributed by atoms with van der Waals surface area (Å²) in [7, 11) is 0. The molecule has 0 saturated heterocycles. The molecule has 0 radical (unpaired) electrons. The van der Waals surface area contributed by atoms with Gasteiger partial charge < -0.3 is 9.80 Å².